The number of aromatic nitrogens is 1. The minimum absolute atomic E-state index is 0.131. The van der Waals surface area contributed by atoms with Gasteiger partial charge in [-0.2, -0.15) is 0 Å². The molecular weight excluding hydrogens is 204 g/mol. The van der Waals surface area contributed by atoms with Crippen LogP contribution in [0.4, 0.5) is 0 Å². The second-order valence-electron chi connectivity index (χ2n) is 3.54. The Morgan fingerprint density at radius 2 is 2.19 bits per heavy atom. The Kier molecular flexibility index (Phi) is 5.45. The van der Waals surface area contributed by atoms with E-state index in [1.807, 2.05) is 12.1 Å². The Morgan fingerprint density at radius 3 is 2.75 bits per heavy atom. The van der Waals surface area contributed by atoms with Crippen LogP contribution in [-0.2, 0) is 11.3 Å². The third-order valence-electron chi connectivity index (χ3n) is 2.42. The van der Waals surface area contributed by atoms with Gasteiger partial charge in [0.25, 0.3) is 0 Å². The molecule has 0 saturated carbocycles. The Bertz CT molecular complexity index is 315. The molecule has 0 unspecified atom stereocenters. The first-order valence-corrected chi connectivity index (χ1v) is 5.37. The highest BCUT2D eigenvalue weighted by Crippen LogP contribution is 2.03. The van der Waals surface area contributed by atoms with Gasteiger partial charge in [-0.15, -0.1) is 0 Å². The molecule has 1 rings (SSSR count). The molecule has 0 fully saturated rings. The summed E-state index contributed by atoms with van der Waals surface area (Å²) >= 11 is 0. The maximum atomic E-state index is 11.0. The third-order valence-corrected chi connectivity index (χ3v) is 2.42. The molecule has 0 aliphatic heterocycles. The summed E-state index contributed by atoms with van der Waals surface area (Å²) < 4.78 is 0. The molecular formula is C11H18N4O. The molecule has 0 aliphatic rings. The Morgan fingerprint density at radius 1 is 1.50 bits per heavy atom. The molecule has 1 aromatic heterocycles. The van der Waals surface area contributed by atoms with E-state index in [9.17, 15) is 4.79 Å². The Labute approximate surface area is 95.6 Å². The maximum Gasteiger partial charge on any atom is 0.235 e. The van der Waals surface area contributed by atoms with Crippen LogP contribution in [0, 0.1) is 0 Å². The molecule has 88 valence electrons. The normalized spacial score (nSPS) is 10.4. The van der Waals surface area contributed by atoms with E-state index >= 15 is 0 Å². The molecule has 1 amide bonds. The van der Waals surface area contributed by atoms with E-state index in [0.717, 1.165) is 13.1 Å². The van der Waals surface area contributed by atoms with E-state index < -0.39 is 0 Å². The summed E-state index contributed by atoms with van der Waals surface area (Å²) in [5.74, 6) is 4.89. The summed E-state index contributed by atoms with van der Waals surface area (Å²) in [5.41, 5.74) is 3.33. The van der Waals surface area contributed by atoms with Gasteiger partial charge in [0.1, 0.15) is 0 Å². The summed E-state index contributed by atoms with van der Waals surface area (Å²) in [4.78, 5) is 17.2. The first-order chi connectivity index (χ1) is 7.76. The number of amides is 1. The van der Waals surface area contributed by atoms with Gasteiger partial charge in [0, 0.05) is 31.9 Å². The fourth-order valence-corrected chi connectivity index (χ4v) is 1.43. The number of carbonyl (C=O) groups is 1. The predicted octanol–water partition coefficient (Wildman–Crippen LogP) is 0.284. The molecule has 16 heavy (non-hydrogen) atoms. The smallest absolute Gasteiger partial charge is 0.235 e. The van der Waals surface area contributed by atoms with Crippen molar-refractivity contribution in [2.75, 3.05) is 13.1 Å². The highest BCUT2D eigenvalue weighted by Gasteiger charge is 2.06. The molecule has 1 heterocycles. The van der Waals surface area contributed by atoms with Crippen molar-refractivity contribution in [2.45, 2.75) is 19.9 Å². The predicted molar refractivity (Wildman–Crippen MR) is 62.1 cm³/mol. The number of nitrogens with two attached hydrogens (primary N) is 1. The Balaban J connectivity index is 2.40. The molecule has 0 spiro atoms. The molecule has 5 nitrogen and oxygen atoms in total. The van der Waals surface area contributed by atoms with E-state index in [1.165, 1.54) is 5.56 Å². The van der Waals surface area contributed by atoms with Crippen molar-refractivity contribution in [1.29, 1.82) is 0 Å². The number of hydrogen-bond acceptors (Lipinski definition) is 4. The topological polar surface area (TPSA) is 71.2 Å². The van der Waals surface area contributed by atoms with Gasteiger partial charge < -0.3 is 0 Å². The second kappa shape index (κ2) is 6.92. The fourth-order valence-electron chi connectivity index (χ4n) is 1.43. The van der Waals surface area contributed by atoms with E-state index in [4.69, 9.17) is 5.84 Å². The first kappa shape index (κ1) is 12.6. The van der Waals surface area contributed by atoms with Crippen LogP contribution in [0.2, 0.25) is 0 Å². The first-order valence-electron chi connectivity index (χ1n) is 5.37. The van der Waals surface area contributed by atoms with Gasteiger partial charge in [0.05, 0.1) is 0 Å². The lowest BCUT2D eigenvalue weighted by molar-refractivity contribution is -0.121. The number of hydrogen-bond donors (Lipinski definition) is 2. The van der Waals surface area contributed by atoms with Crippen LogP contribution < -0.4 is 11.3 Å². The van der Waals surface area contributed by atoms with Gasteiger partial charge >= 0.3 is 0 Å². The van der Waals surface area contributed by atoms with E-state index in [0.29, 0.717) is 13.0 Å². The number of nitrogens with zero attached hydrogens (tertiary/aromatic N) is 2. The SMILES string of the molecule is CCN(CCC(=O)NN)Cc1ccncc1. The van der Waals surface area contributed by atoms with Crippen molar-refractivity contribution in [3.63, 3.8) is 0 Å². The zero-order chi connectivity index (χ0) is 11.8. The number of pyridine rings is 1. The standard InChI is InChI=1S/C11H18N4O/c1-2-15(8-5-11(16)14-12)9-10-3-6-13-7-4-10/h3-4,6-7H,2,5,8-9,12H2,1H3,(H,14,16). The van der Waals surface area contributed by atoms with Gasteiger partial charge in [-0.1, -0.05) is 6.92 Å². The average Bonchev–Trinajstić information content (AvgIpc) is 2.35. The van der Waals surface area contributed by atoms with Crippen LogP contribution >= 0.6 is 0 Å². The largest absolute Gasteiger partial charge is 0.299 e. The third kappa shape index (κ3) is 4.37. The molecule has 0 aliphatic carbocycles. The van der Waals surface area contributed by atoms with Crippen molar-refractivity contribution in [3.05, 3.63) is 30.1 Å². The summed E-state index contributed by atoms with van der Waals surface area (Å²) in [6, 6.07) is 3.96. The molecule has 0 saturated heterocycles. The lowest BCUT2D eigenvalue weighted by Gasteiger charge is -2.19. The van der Waals surface area contributed by atoms with Gasteiger partial charge in [-0.05, 0) is 24.2 Å². The van der Waals surface area contributed by atoms with Crippen LogP contribution in [0.15, 0.2) is 24.5 Å². The summed E-state index contributed by atoms with van der Waals surface area (Å²) in [7, 11) is 0. The highest BCUT2D eigenvalue weighted by molar-refractivity contribution is 5.75. The fraction of sp³-hybridized carbons (Fsp3) is 0.455. The zero-order valence-corrected chi connectivity index (χ0v) is 9.52. The minimum Gasteiger partial charge on any atom is -0.299 e. The van der Waals surface area contributed by atoms with Gasteiger partial charge in [-0.25, -0.2) is 5.84 Å². The zero-order valence-electron chi connectivity index (χ0n) is 9.52. The van der Waals surface area contributed by atoms with Crippen molar-refractivity contribution in [1.82, 2.24) is 15.3 Å². The summed E-state index contributed by atoms with van der Waals surface area (Å²) in [6.07, 6.45) is 3.97. The monoisotopic (exact) mass is 222 g/mol. The van der Waals surface area contributed by atoms with Crippen LogP contribution in [0.3, 0.4) is 0 Å². The molecule has 0 bridgehead atoms. The van der Waals surface area contributed by atoms with Crippen molar-refractivity contribution < 1.29 is 4.79 Å². The van der Waals surface area contributed by atoms with E-state index in [-0.39, 0.29) is 5.91 Å². The van der Waals surface area contributed by atoms with Crippen molar-refractivity contribution >= 4 is 5.91 Å². The van der Waals surface area contributed by atoms with Gasteiger partial charge in [0.2, 0.25) is 5.91 Å². The van der Waals surface area contributed by atoms with Crippen LogP contribution in [0.25, 0.3) is 0 Å². The molecule has 3 N–H and O–H groups in total. The van der Waals surface area contributed by atoms with Crippen molar-refractivity contribution in [3.8, 4) is 0 Å². The quantitative estimate of drug-likeness (QED) is 0.412. The summed E-state index contributed by atoms with van der Waals surface area (Å²) in [6.45, 7) is 4.51. The lowest BCUT2D eigenvalue weighted by Crippen LogP contribution is -2.34. The molecule has 0 radical (unpaired) electrons. The molecule has 0 atom stereocenters. The molecule has 0 aromatic carbocycles. The second-order valence-corrected chi connectivity index (χ2v) is 3.54. The number of hydrazine groups is 1. The molecule has 1 aromatic rings. The van der Waals surface area contributed by atoms with E-state index in [1.54, 1.807) is 12.4 Å². The van der Waals surface area contributed by atoms with Crippen LogP contribution in [0.5, 0.6) is 0 Å². The number of rotatable bonds is 6. The average molecular weight is 222 g/mol. The van der Waals surface area contributed by atoms with Crippen molar-refractivity contribution in [2.24, 2.45) is 5.84 Å². The van der Waals surface area contributed by atoms with Crippen LogP contribution in [-0.4, -0.2) is 28.9 Å². The number of nitrogens with one attached hydrogen (secondary N) is 1. The van der Waals surface area contributed by atoms with Gasteiger partial charge in [0.15, 0.2) is 0 Å². The van der Waals surface area contributed by atoms with Gasteiger partial charge in [-0.3, -0.25) is 20.1 Å². The van der Waals surface area contributed by atoms with Crippen LogP contribution in [0.1, 0.15) is 18.9 Å². The van der Waals surface area contributed by atoms with E-state index in [2.05, 4.69) is 22.2 Å². The minimum atomic E-state index is -0.131. The lowest BCUT2D eigenvalue weighted by atomic mass is 10.2. The molecule has 5 heteroatoms. The Hall–Kier alpha value is -1.46. The highest BCUT2D eigenvalue weighted by atomic mass is 16.2. The number of carbonyl (C=O) groups excluding carboxylic acids is 1. The summed E-state index contributed by atoms with van der Waals surface area (Å²) in [5, 5.41) is 0. The maximum absolute atomic E-state index is 11.0.